The van der Waals surface area contributed by atoms with Crippen LogP contribution >= 0.6 is 0 Å². The van der Waals surface area contributed by atoms with E-state index in [1.54, 1.807) is 37.4 Å². The summed E-state index contributed by atoms with van der Waals surface area (Å²) in [5, 5.41) is 6.75. The lowest BCUT2D eigenvalue weighted by molar-refractivity contribution is 0.0956. The maximum absolute atomic E-state index is 12.9. The fraction of sp³-hybridized carbons (Fsp3) is 0.160. The zero-order chi connectivity index (χ0) is 24.5. The van der Waals surface area contributed by atoms with Gasteiger partial charge in [-0.05, 0) is 42.0 Å². The van der Waals surface area contributed by atoms with Crippen LogP contribution in [0.5, 0.6) is 23.0 Å². The molecule has 3 aromatic carbocycles. The van der Waals surface area contributed by atoms with Gasteiger partial charge in [0.25, 0.3) is 11.8 Å². The summed E-state index contributed by atoms with van der Waals surface area (Å²) in [6, 6.07) is 16.9. The summed E-state index contributed by atoms with van der Waals surface area (Å²) in [6.07, 6.45) is 1.50. The lowest BCUT2D eigenvalue weighted by Gasteiger charge is -2.15. The largest absolute Gasteiger partial charge is 0.497 e. The summed E-state index contributed by atoms with van der Waals surface area (Å²) in [5.41, 5.74) is 4.05. The molecule has 176 valence electrons. The van der Waals surface area contributed by atoms with Crippen molar-refractivity contribution in [3.05, 3.63) is 77.4 Å². The molecule has 0 aliphatic heterocycles. The molecule has 9 heteroatoms. The van der Waals surface area contributed by atoms with Crippen LogP contribution in [0.25, 0.3) is 0 Å². The number of carbonyl (C=O) groups is 2. The number of carbonyl (C=O) groups excluding carboxylic acids is 2. The van der Waals surface area contributed by atoms with E-state index in [-0.39, 0.29) is 11.1 Å². The maximum Gasteiger partial charge on any atom is 0.273 e. The van der Waals surface area contributed by atoms with Crippen molar-refractivity contribution in [1.82, 2.24) is 5.43 Å². The first kappa shape index (κ1) is 24.1. The van der Waals surface area contributed by atoms with Crippen LogP contribution in [0.1, 0.15) is 26.3 Å². The molecule has 34 heavy (non-hydrogen) atoms. The molecule has 2 N–H and O–H groups in total. The maximum atomic E-state index is 12.9. The minimum Gasteiger partial charge on any atom is -0.497 e. The number of para-hydroxylation sites is 1. The Morgan fingerprint density at radius 2 is 1.50 bits per heavy atom. The van der Waals surface area contributed by atoms with E-state index in [0.717, 1.165) is 5.56 Å². The number of nitrogens with one attached hydrogen (secondary N) is 2. The molecule has 2 amide bonds. The van der Waals surface area contributed by atoms with E-state index in [9.17, 15) is 9.59 Å². The van der Waals surface area contributed by atoms with Gasteiger partial charge in [0.15, 0.2) is 11.5 Å². The Bertz CT molecular complexity index is 1180. The van der Waals surface area contributed by atoms with Crippen molar-refractivity contribution in [1.29, 1.82) is 0 Å². The minimum absolute atomic E-state index is 0.242. The molecule has 0 fully saturated rings. The molecule has 0 aromatic heterocycles. The first-order valence-corrected chi connectivity index (χ1v) is 10.2. The summed E-state index contributed by atoms with van der Waals surface area (Å²) in [6.45, 7) is 0. The third-order valence-corrected chi connectivity index (χ3v) is 4.82. The second kappa shape index (κ2) is 11.4. The highest BCUT2D eigenvalue weighted by molar-refractivity contribution is 6.09. The van der Waals surface area contributed by atoms with Gasteiger partial charge >= 0.3 is 0 Å². The molecule has 0 aliphatic rings. The number of hydrogen-bond donors (Lipinski definition) is 2. The van der Waals surface area contributed by atoms with Crippen LogP contribution in [0, 0.1) is 0 Å². The first-order valence-electron chi connectivity index (χ1n) is 10.2. The highest BCUT2D eigenvalue weighted by Crippen LogP contribution is 2.38. The van der Waals surface area contributed by atoms with Gasteiger partial charge in [-0.25, -0.2) is 5.43 Å². The highest BCUT2D eigenvalue weighted by atomic mass is 16.5. The fourth-order valence-corrected chi connectivity index (χ4v) is 3.14. The SMILES string of the molecule is COc1cccc(/C=N\NC(=O)c2ccccc2NC(=O)c2cc(OC)c(OC)c(OC)c2)c1. The van der Waals surface area contributed by atoms with Gasteiger partial charge in [-0.1, -0.05) is 24.3 Å². The van der Waals surface area contributed by atoms with Gasteiger partial charge in [0.05, 0.1) is 45.9 Å². The van der Waals surface area contributed by atoms with Crippen molar-refractivity contribution in [2.75, 3.05) is 33.8 Å². The predicted molar refractivity (Wildman–Crippen MR) is 129 cm³/mol. The predicted octanol–water partition coefficient (Wildman–Crippen LogP) is 3.74. The number of anilines is 1. The minimum atomic E-state index is -0.486. The van der Waals surface area contributed by atoms with Gasteiger partial charge in [0.1, 0.15) is 5.75 Å². The van der Waals surface area contributed by atoms with Crippen molar-refractivity contribution in [3.63, 3.8) is 0 Å². The van der Waals surface area contributed by atoms with Gasteiger partial charge in [-0.3, -0.25) is 9.59 Å². The Hall–Kier alpha value is -4.53. The van der Waals surface area contributed by atoms with Crippen LogP contribution in [-0.2, 0) is 0 Å². The average Bonchev–Trinajstić information content (AvgIpc) is 2.87. The van der Waals surface area contributed by atoms with Gasteiger partial charge in [-0.2, -0.15) is 5.10 Å². The van der Waals surface area contributed by atoms with E-state index in [1.165, 1.54) is 39.7 Å². The molecule has 0 saturated carbocycles. The van der Waals surface area contributed by atoms with Gasteiger partial charge < -0.3 is 24.3 Å². The first-order chi connectivity index (χ1) is 16.5. The highest BCUT2D eigenvalue weighted by Gasteiger charge is 2.19. The number of benzene rings is 3. The second-order valence-corrected chi connectivity index (χ2v) is 6.89. The number of hydrazone groups is 1. The summed E-state index contributed by atoms with van der Waals surface area (Å²) in [7, 11) is 5.97. The number of nitrogens with zero attached hydrogens (tertiary/aromatic N) is 1. The zero-order valence-electron chi connectivity index (χ0n) is 19.2. The summed E-state index contributed by atoms with van der Waals surface area (Å²) in [5.74, 6) is 0.777. The van der Waals surface area contributed by atoms with Gasteiger partial charge in [-0.15, -0.1) is 0 Å². The summed E-state index contributed by atoms with van der Waals surface area (Å²) >= 11 is 0. The van der Waals surface area contributed by atoms with Crippen LogP contribution in [0.4, 0.5) is 5.69 Å². The molecule has 0 bridgehead atoms. The van der Waals surface area contributed by atoms with Gasteiger partial charge in [0, 0.05) is 5.56 Å². The Balaban J connectivity index is 1.78. The van der Waals surface area contributed by atoms with E-state index >= 15 is 0 Å². The second-order valence-electron chi connectivity index (χ2n) is 6.89. The molecule has 0 spiro atoms. The van der Waals surface area contributed by atoms with Crippen LogP contribution < -0.4 is 29.7 Å². The monoisotopic (exact) mass is 463 g/mol. The van der Waals surface area contributed by atoms with E-state index in [1.807, 2.05) is 18.2 Å². The lowest BCUT2D eigenvalue weighted by atomic mass is 10.1. The average molecular weight is 463 g/mol. The summed E-state index contributed by atoms with van der Waals surface area (Å²) in [4.78, 5) is 25.7. The molecular formula is C25H25N3O6. The topological polar surface area (TPSA) is 107 Å². The molecule has 0 aliphatic carbocycles. The molecule has 0 heterocycles. The van der Waals surface area contributed by atoms with E-state index < -0.39 is 11.8 Å². The Morgan fingerprint density at radius 1 is 0.794 bits per heavy atom. The third-order valence-electron chi connectivity index (χ3n) is 4.82. The van der Waals surface area contributed by atoms with E-state index in [0.29, 0.717) is 28.7 Å². The van der Waals surface area contributed by atoms with Crippen LogP contribution in [0.2, 0.25) is 0 Å². The van der Waals surface area contributed by atoms with Crippen LogP contribution in [0.15, 0.2) is 65.8 Å². The molecule has 0 radical (unpaired) electrons. The number of ether oxygens (including phenoxy) is 4. The lowest BCUT2D eigenvalue weighted by Crippen LogP contribution is -2.21. The van der Waals surface area contributed by atoms with Crippen LogP contribution in [0.3, 0.4) is 0 Å². The van der Waals surface area contributed by atoms with E-state index in [4.69, 9.17) is 18.9 Å². The smallest absolute Gasteiger partial charge is 0.273 e. The Morgan fingerprint density at radius 3 is 2.15 bits per heavy atom. The van der Waals surface area contributed by atoms with Crippen molar-refractivity contribution in [2.24, 2.45) is 5.10 Å². The molecular weight excluding hydrogens is 438 g/mol. The zero-order valence-corrected chi connectivity index (χ0v) is 19.2. The fourth-order valence-electron chi connectivity index (χ4n) is 3.14. The molecule has 0 atom stereocenters. The Labute approximate surface area is 197 Å². The quantitative estimate of drug-likeness (QED) is 0.370. The van der Waals surface area contributed by atoms with Crippen molar-refractivity contribution in [2.45, 2.75) is 0 Å². The molecule has 0 unspecified atom stereocenters. The number of hydrogen-bond acceptors (Lipinski definition) is 7. The molecule has 0 saturated heterocycles. The number of methoxy groups -OCH3 is 4. The molecule has 3 aromatic rings. The third kappa shape index (κ3) is 5.63. The van der Waals surface area contributed by atoms with Crippen molar-refractivity contribution >= 4 is 23.7 Å². The van der Waals surface area contributed by atoms with Crippen molar-refractivity contribution < 1.29 is 28.5 Å². The standard InChI is InChI=1S/C25H25N3O6/c1-31-18-9-7-8-16(12-18)15-26-28-25(30)19-10-5-6-11-20(19)27-24(29)17-13-21(32-2)23(34-4)22(14-17)33-3/h5-15H,1-4H3,(H,27,29)(H,28,30)/b26-15-. The summed E-state index contributed by atoms with van der Waals surface area (Å²) < 4.78 is 21.1. The van der Waals surface area contributed by atoms with Gasteiger partial charge in [0.2, 0.25) is 5.75 Å². The van der Waals surface area contributed by atoms with Crippen LogP contribution in [-0.4, -0.2) is 46.5 Å². The molecule has 9 nitrogen and oxygen atoms in total. The number of amides is 2. The molecule has 3 rings (SSSR count). The van der Waals surface area contributed by atoms with Crippen molar-refractivity contribution in [3.8, 4) is 23.0 Å². The normalized spacial score (nSPS) is 10.5. The van der Waals surface area contributed by atoms with E-state index in [2.05, 4.69) is 15.8 Å². The number of rotatable bonds is 9. The Kier molecular flexibility index (Phi) is 8.07.